The number of sulfonamides is 1. The Balaban J connectivity index is 1.84. The van der Waals surface area contributed by atoms with Crippen molar-refractivity contribution in [2.45, 2.75) is 4.90 Å². The van der Waals surface area contributed by atoms with Crippen LogP contribution in [0.2, 0.25) is 5.02 Å². The van der Waals surface area contributed by atoms with Gasteiger partial charge in [-0.05, 0) is 42.5 Å². The fraction of sp³-hybridized carbons (Fsp3) is 0.0952. The van der Waals surface area contributed by atoms with Crippen molar-refractivity contribution in [1.82, 2.24) is 0 Å². The standard InChI is InChI=1S/C21H18ClNO6S/c22-20-12-11-18(15-19(20)21(24)25)30(26,27)23(16-7-3-1-4-8-16)29-14-13-28-17-9-5-2-6-10-17/h1-12,15H,13-14H2,(H,24,25). The lowest BCUT2D eigenvalue weighted by atomic mass is 10.2. The Labute approximate surface area is 179 Å². The third-order valence-electron chi connectivity index (χ3n) is 3.96. The molecule has 3 rings (SSSR count). The van der Waals surface area contributed by atoms with Crippen LogP contribution < -0.4 is 9.21 Å². The van der Waals surface area contributed by atoms with Gasteiger partial charge in [-0.25, -0.2) is 4.79 Å². The molecule has 9 heteroatoms. The number of rotatable bonds is 9. The highest BCUT2D eigenvalue weighted by Crippen LogP contribution is 2.27. The predicted molar refractivity (Wildman–Crippen MR) is 112 cm³/mol. The Bertz CT molecular complexity index is 1110. The van der Waals surface area contributed by atoms with Crippen LogP contribution in [0.3, 0.4) is 0 Å². The van der Waals surface area contributed by atoms with Gasteiger partial charge in [-0.15, -0.1) is 4.47 Å². The summed E-state index contributed by atoms with van der Waals surface area (Å²) in [6.45, 7) is 0.0340. The Morgan fingerprint density at radius 1 is 0.933 bits per heavy atom. The minimum atomic E-state index is -4.24. The van der Waals surface area contributed by atoms with Crippen molar-refractivity contribution in [3.8, 4) is 5.75 Å². The summed E-state index contributed by atoms with van der Waals surface area (Å²) in [4.78, 5) is 16.6. The van der Waals surface area contributed by atoms with Crippen molar-refractivity contribution >= 4 is 33.3 Å². The van der Waals surface area contributed by atoms with Crippen LogP contribution in [0, 0.1) is 0 Å². The summed E-state index contributed by atoms with van der Waals surface area (Å²) < 4.78 is 32.7. The van der Waals surface area contributed by atoms with Gasteiger partial charge in [0.05, 0.1) is 21.2 Å². The Morgan fingerprint density at radius 3 is 2.20 bits per heavy atom. The molecule has 1 N–H and O–H groups in total. The second-order valence-electron chi connectivity index (χ2n) is 6.01. The summed E-state index contributed by atoms with van der Waals surface area (Å²) in [6.07, 6.45) is 0. The summed E-state index contributed by atoms with van der Waals surface area (Å²) in [5.74, 6) is -0.709. The maximum absolute atomic E-state index is 13.2. The van der Waals surface area contributed by atoms with Gasteiger partial charge >= 0.3 is 5.97 Å². The molecule has 0 atom stereocenters. The minimum absolute atomic E-state index is 0.0649. The fourth-order valence-corrected chi connectivity index (χ4v) is 4.06. The molecule has 0 bridgehead atoms. The number of benzene rings is 3. The molecule has 0 fully saturated rings. The van der Waals surface area contributed by atoms with Crippen molar-refractivity contribution in [3.05, 3.63) is 89.4 Å². The highest BCUT2D eigenvalue weighted by molar-refractivity contribution is 7.92. The van der Waals surface area contributed by atoms with E-state index in [2.05, 4.69) is 0 Å². The zero-order chi connectivity index (χ0) is 21.6. The van der Waals surface area contributed by atoms with Crippen molar-refractivity contribution < 1.29 is 27.9 Å². The third-order valence-corrected chi connectivity index (χ3v) is 5.89. The van der Waals surface area contributed by atoms with Crippen molar-refractivity contribution in [3.63, 3.8) is 0 Å². The molecule has 0 aliphatic heterocycles. The first-order valence-electron chi connectivity index (χ1n) is 8.83. The molecular weight excluding hydrogens is 430 g/mol. The minimum Gasteiger partial charge on any atom is -0.491 e. The molecule has 0 spiro atoms. The van der Waals surface area contributed by atoms with E-state index in [4.69, 9.17) is 21.2 Å². The Hall–Kier alpha value is -3.07. The molecule has 0 unspecified atom stereocenters. The average Bonchev–Trinajstić information content (AvgIpc) is 2.75. The number of carboxylic acids is 1. The summed E-state index contributed by atoms with van der Waals surface area (Å²) >= 11 is 5.86. The lowest BCUT2D eigenvalue weighted by Gasteiger charge is -2.23. The lowest BCUT2D eigenvalue weighted by Crippen LogP contribution is -2.33. The van der Waals surface area contributed by atoms with Gasteiger partial charge in [0.25, 0.3) is 10.0 Å². The highest BCUT2D eigenvalue weighted by Gasteiger charge is 2.28. The highest BCUT2D eigenvalue weighted by atomic mass is 35.5. The molecule has 0 amide bonds. The molecule has 156 valence electrons. The molecule has 0 heterocycles. The van der Waals surface area contributed by atoms with E-state index in [0.717, 1.165) is 10.5 Å². The summed E-state index contributed by atoms with van der Waals surface area (Å²) in [7, 11) is -4.24. The van der Waals surface area contributed by atoms with Crippen LogP contribution in [-0.4, -0.2) is 32.7 Å². The molecule has 3 aromatic carbocycles. The number of hydrogen-bond donors (Lipinski definition) is 1. The second kappa shape index (κ2) is 9.62. The number of halogens is 1. The van der Waals surface area contributed by atoms with Gasteiger partial charge in [0, 0.05) is 0 Å². The van der Waals surface area contributed by atoms with Crippen molar-refractivity contribution in [2.75, 3.05) is 17.7 Å². The van der Waals surface area contributed by atoms with Crippen molar-refractivity contribution in [2.24, 2.45) is 0 Å². The number of aromatic carboxylic acids is 1. The van der Waals surface area contributed by atoms with Gasteiger partial charge in [0.2, 0.25) is 0 Å². The monoisotopic (exact) mass is 447 g/mol. The van der Waals surface area contributed by atoms with Crippen LogP contribution in [0.25, 0.3) is 0 Å². The maximum Gasteiger partial charge on any atom is 0.337 e. The third kappa shape index (κ3) is 5.10. The molecule has 0 aliphatic rings. The van der Waals surface area contributed by atoms with Gasteiger partial charge in [-0.2, -0.15) is 8.42 Å². The molecule has 0 radical (unpaired) electrons. The first-order chi connectivity index (χ1) is 14.4. The normalized spacial score (nSPS) is 11.1. The van der Waals surface area contributed by atoms with Crippen LogP contribution in [0.4, 0.5) is 5.69 Å². The number of hydrogen-bond acceptors (Lipinski definition) is 5. The van der Waals surface area contributed by atoms with Gasteiger partial charge in [0.1, 0.15) is 19.0 Å². The summed E-state index contributed by atoms with van der Waals surface area (Å²) in [5.41, 5.74) is -0.0674. The number of anilines is 1. The molecule has 0 aliphatic carbocycles. The molecule has 30 heavy (non-hydrogen) atoms. The first kappa shape index (κ1) is 21.6. The van der Waals surface area contributed by atoms with Gasteiger partial charge < -0.3 is 9.84 Å². The smallest absolute Gasteiger partial charge is 0.337 e. The maximum atomic E-state index is 13.2. The summed E-state index contributed by atoms with van der Waals surface area (Å²) in [6, 6.07) is 20.6. The summed E-state index contributed by atoms with van der Waals surface area (Å²) in [5, 5.41) is 9.19. The van der Waals surface area contributed by atoms with Crippen molar-refractivity contribution in [1.29, 1.82) is 0 Å². The van der Waals surface area contributed by atoms with E-state index >= 15 is 0 Å². The van der Waals surface area contributed by atoms with Crippen LogP contribution >= 0.6 is 11.6 Å². The van der Waals surface area contributed by atoms with Crippen LogP contribution in [-0.2, 0) is 14.9 Å². The Morgan fingerprint density at radius 2 is 1.57 bits per heavy atom. The van der Waals surface area contributed by atoms with Gasteiger partial charge in [-0.1, -0.05) is 48.0 Å². The SMILES string of the molecule is O=C(O)c1cc(S(=O)(=O)N(OCCOc2ccccc2)c2ccccc2)ccc1Cl. The number of ether oxygens (including phenoxy) is 1. The zero-order valence-electron chi connectivity index (χ0n) is 15.6. The second-order valence-corrected chi connectivity index (χ2v) is 8.17. The number of carbonyl (C=O) groups is 1. The van der Waals surface area contributed by atoms with E-state index < -0.39 is 16.0 Å². The number of para-hydroxylation sites is 2. The van der Waals surface area contributed by atoms with E-state index in [9.17, 15) is 18.3 Å². The van der Waals surface area contributed by atoms with E-state index in [1.54, 1.807) is 42.5 Å². The Kier molecular flexibility index (Phi) is 6.94. The fourth-order valence-electron chi connectivity index (χ4n) is 2.55. The molecule has 0 saturated heterocycles. The van der Waals surface area contributed by atoms with Gasteiger partial charge in [0.15, 0.2) is 0 Å². The molecule has 7 nitrogen and oxygen atoms in total. The van der Waals surface area contributed by atoms with E-state index in [1.165, 1.54) is 12.1 Å². The topological polar surface area (TPSA) is 93.1 Å². The van der Waals surface area contributed by atoms with Crippen LogP contribution in [0.5, 0.6) is 5.75 Å². The predicted octanol–water partition coefficient (Wildman–Crippen LogP) is 4.24. The number of carboxylic acid groups (broad SMARTS) is 1. The zero-order valence-corrected chi connectivity index (χ0v) is 17.2. The van der Waals surface area contributed by atoms with Crippen LogP contribution in [0.1, 0.15) is 10.4 Å². The molecular formula is C21H18ClNO6S. The average molecular weight is 448 g/mol. The molecule has 0 aromatic heterocycles. The quantitative estimate of drug-likeness (QED) is 0.389. The van der Waals surface area contributed by atoms with E-state index in [-0.39, 0.29) is 34.4 Å². The van der Waals surface area contributed by atoms with E-state index in [1.807, 2.05) is 18.2 Å². The van der Waals surface area contributed by atoms with Gasteiger partial charge in [-0.3, -0.25) is 4.84 Å². The largest absolute Gasteiger partial charge is 0.491 e. The number of nitrogens with zero attached hydrogens (tertiary/aromatic N) is 1. The van der Waals surface area contributed by atoms with Crippen LogP contribution in [0.15, 0.2) is 83.8 Å². The van der Waals surface area contributed by atoms with E-state index in [0.29, 0.717) is 5.75 Å². The molecule has 0 saturated carbocycles. The lowest BCUT2D eigenvalue weighted by molar-refractivity contribution is 0.0696. The first-order valence-corrected chi connectivity index (χ1v) is 10.7. The molecule has 3 aromatic rings.